The van der Waals surface area contributed by atoms with Gasteiger partial charge in [-0.3, -0.25) is 4.79 Å². The molecule has 0 saturated heterocycles. The third kappa shape index (κ3) is 2.28. The lowest BCUT2D eigenvalue weighted by molar-refractivity contribution is -0.122. The van der Waals surface area contributed by atoms with E-state index in [1.807, 2.05) is 0 Å². The first-order chi connectivity index (χ1) is 9.13. The third-order valence-corrected chi connectivity index (χ3v) is 3.48. The highest BCUT2D eigenvalue weighted by Gasteiger charge is 2.41. The van der Waals surface area contributed by atoms with Crippen molar-refractivity contribution in [1.82, 2.24) is 0 Å². The molecular weight excluding hydrogens is 245 g/mol. The van der Waals surface area contributed by atoms with E-state index in [0.29, 0.717) is 12.8 Å². The van der Waals surface area contributed by atoms with Gasteiger partial charge < -0.3 is 5.32 Å². The maximum atomic E-state index is 13.4. The standard InChI is InChI=1S/C14H12FN3O/c15-11-4-3-5-12(10(11)8-16)18-13(19)14(9-17)6-1-2-7-14/h3-5H,1-2,6-7H2,(H,18,19). The molecule has 0 aromatic heterocycles. The summed E-state index contributed by atoms with van der Waals surface area (Å²) in [5, 5.41) is 20.6. The minimum Gasteiger partial charge on any atom is -0.323 e. The summed E-state index contributed by atoms with van der Waals surface area (Å²) in [5.74, 6) is -1.13. The summed E-state index contributed by atoms with van der Waals surface area (Å²) in [4.78, 5) is 12.2. The molecule has 0 aliphatic heterocycles. The first kappa shape index (κ1) is 13.0. The number of nitriles is 2. The Balaban J connectivity index is 2.28. The number of hydrogen-bond donors (Lipinski definition) is 1. The molecule has 5 heteroatoms. The Bertz CT molecular complexity index is 592. The van der Waals surface area contributed by atoms with Gasteiger partial charge in [0.25, 0.3) is 0 Å². The molecule has 0 unspecified atom stereocenters. The van der Waals surface area contributed by atoms with Crippen molar-refractivity contribution in [3.63, 3.8) is 0 Å². The maximum absolute atomic E-state index is 13.4. The van der Waals surface area contributed by atoms with Crippen molar-refractivity contribution in [2.45, 2.75) is 25.7 Å². The molecule has 19 heavy (non-hydrogen) atoms. The van der Waals surface area contributed by atoms with Crippen LogP contribution in [0.2, 0.25) is 0 Å². The molecule has 1 aliphatic carbocycles. The van der Waals surface area contributed by atoms with Crippen LogP contribution in [0, 0.1) is 33.9 Å². The molecule has 1 N–H and O–H groups in total. The molecule has 0 atom stereocenters. The number of anilines is 1. The Morgan fingerprint density at radius 1 is 1.32 bits per heavy atom. The van der Waals surface area contributed by atoms with Crippen molar-refractivity contribution in [2.75, 3.05) is 5.32 Å². The van der Waals surface area contributed by atoms with Crippen LogP contribution in [0.1, 0.15) is 31.2 Å². The van der Waals surface area contributed by atoms with Crippen molar-refractivity contribution in [3.05, 3.63) is 29.6 Å². The van der Waals surface area contributed by atoms with Gasteiger partial charge in [-0.05, 0) is 25.0 Å². The summed E-state index contributed by atoms with van der Waals surface area (Å²) in [6.45, 7) is 0. The molecule has 4 nitrogen and oxygen atoms in total. The van der Waals surface area contributed by atoms with Gasteiger partial charge in [-0.2, -0.15) is 10.5 Å². The molecule has 1 aliphatic rings. The number of nitrogens with one attached hydrogen (secondary N) is 1. The predicted octanol–water partition coefficient (Wildman–Crippen LogP) is 2.72. The van der Waals surface area contributed by atoms with E-state index in [-0.39, 0.29) is 11.3 Å². The molecule has 96 valence electrons. The van der Waals surface area contributed by atoms with E-state index >= 15 is 0 Å². The molecule has 1 saturated carbocycles. The van der Waals surface area contributed by atoms with Crippen LogP contribution in [-0.2, 0) is 4.79 Å². The Kier molecular flexibility index (Phi) is 3.48. The number of amides is 1. The van der Waals surface area contributed by atoms with Gasteiger partial charge in [0.1, 0.15) is 22.9 Å². The fourth-order valence-corrected chi connectivity index (χ4v) is 2.35. The lowest BCUT2D eigenvalue weighted by Crippen LogP contribution is -2.32. The molecule has 0 radical (unpaired) electrons. The second-order valence-electron chi connectivity index (χ2n) is 4.63. The number of hydrogen-bond acceptors (Lipinski definition) is 3. The van der Waals surface area contributed by atoms with Crippen LogP contribution >= 0.6 is 0 Å². The van der Waals surface area contributed by atoms with Gasteiger partial charge in [-0.15, -0.1) is 0 Å². The van der Waals surface area contributed by atoms with Gasteiger partial charge in [0.15, 0.2) is 0 Å². The molecule has 1 aromatic carbocycles. The summed E-state index contributed by atoms with van der Waals surface area (Å²) in [5.41, 5.74) is -1.13. The van der Waals surface area contributed by atoms with Crippen LogP contribution in [0.5, 0.6) is 0 Å². The topological polar surface area (TPSA) is 76.7 Å². The molecule has 1 fully saturated rings. The molecule has 1 amide bonds. The van der Waals surface area contributed by atoms with Crippen LogP contribution in [0.4, 0.5) is 10.1 Å². The molecule has 0 heterocycles. The zero-order valence-electron chi connectivity index (χ0n) is 10.2. The van der Waals surface area contributed by atoms with Crippen LogP contribution in [0.25, 0.3) is 0 Å². The highest BCUT2D eigenvalue weighted by molar-refractivity contribution is 5.98. The Morgan fingerprint density at radius 3 is 2.58 bits per heavy atom. The van der Waals surface area contributed by atoms with Crippen LogP contribution in [0.15, 0.2) is 18.2 Å². The first-order valence-electron chi connectivity index (χ1n) is 6.04. The average Bonchev–Trinajstić information content (AvgIpc) is 2.89. The summed E-state index contributed by atoms with van der Waals surface area (Å²) in [6, 6.07) is 7.81. The first-order valence-corrected chi connectivity index (χ1v) is 6.04. The van der Waals surface area contributed by atoms with Gasteiger partial charge in [0, 0.05) is 0 Å². The van der Waals surface area contributed by atoms with E-state index in [4.69, 9.17) is 5.26 Å². The van der Waals surface area contributed by atoms with E-state index in [9.17, 15) is 14.4 Å². The average molecular weight is 257 g/mol. The van der Waals surface area contributed by atoms with Gasteiger partial charge in [-0.25, -0.2) is 4.39 Å². The van der Waals surface area contributed by atoms with Crippen LogP contribution in [0.3, 0.4) is 0 Å². The molecular formula is C14H12FN3O. The van der Waals surface area contributed by atoms with Crippen molar-refractivity contribution in [1.29, 1.82) is 10.5 Å². The van der Waals surface area contributed by atoms with Crippen LogP contribution < -0.4 is 5.32 Å². The normalized spacial score (nSPS) is 16.4. The SMILES string of the molecule is N#Cc1c(F)cccc1NC(=O)C1(C#N)CCCC1. The molecule has 0 spiro atoms. The van der Waals surface area contributed by atoms with Gasteiger partial charge >= 0.3 is 0 Å². The number of nitrogens with zero attached hydrogens (tertiary/aromatic N) is 2. The number of rotatable bonds is 2. The van der Waals surface area contributed by atoms with Gasteiger partial charge in [-0.1, -0.05) is 18.9 Å². The fourth-order valence-electron chi connectivity index (χ4n) is 2.35. The monoisotopic (exact) mass is 257 g/mol. The molecule has 0 bridgehead atoms. The van der Waals surface area contributed by atoms with E-state index in [0.717, 1.165) is 18.9 Å². The Morgan fingerprint density at radius 2 is 2.00 bits per heavy atom. The largest absolute Gasteiger partial charge is 0.323 e. The van der Waals surface area contributed by atoms with Gasteiger partial charge in [0.2, 0.25) is 5.91 Å². The highest BCUT2D eigenvalue weighted by atomic mass is 19.1. The van der Waals surface area contributed by atoms with Crippen molar-refractivity contribution in [2.24, 2.45) is 5.41 Å². The summed E-state index contributed by atoms with van der Waals surface area (Å²) < 4.78 is 13.4. The second-order valence-corrected chi connectivity index (χ2v) is 4.63. The van der Waals surface area contributed by atoms with Crippen molar-refractivity contribution in [3.8, 4) is 12.1 Å². The predicted molar refractivity (Wildman–Crippen MR) is 66.3 cm³/mol. The number of carbonyl (C=O) groups excluding carboxylic acids is 1. The lowest BCUT2D eigenvalue weighted by Gasteiger charge is -2.19. The second kappa shape index (κ2) is 5.07. The van der Waals surface area contributed by atoms with E-state index in [1.165, 1.54) is 12.1 Å². The number of benzene rings is 1. The Hall–Kier alpha value is -2.40. The highest BCUT2D eigenvalue weighted by Crippen LogP contribution is 2.38. The number of carbonyl (C=O) groups is 1. The zero-order valence-corrected chi connectivity index (χ0v) is 10.2. The minimum absolute atomic E-state index is 0.119. The van der Waals surface area contributed by atoms with Crippen LogP contribution in [-0.4, -0.2) is 5.91 Å². The summed E-state index contributed by atoms with van der Waals surface area (Å²) >= 11 is 0. The minimum atomic E-state index is -1.04. The molecule has 2 rings (SSSR count). The van der Waals surface area contributed by atoms with E-state index in [2.05, 4.69) is 11.4 Å². The maximum Gasteiger partial charge on any atom is 0.244 e. The number of halogens is 1. The van der Waals surface area contributed by atoms with Gasteiger partial charge in [0.05, 0.1) is 11.8 Å². The van der Waals surface area contributed by atoms with Crippen molar-refractivity contribution >= 4 is 11.6 Å². The molecule has 1 aromatic rings. The summed E-state index contributed by atoms with van der Waals surface area (Å²) in [7, 11) is 0. The zero-order chi connectivity index (χ0) is 13.9. The van der Waals surface area contributed by atoms with E-state index in [1.54, 1.807) is 6.07 Å². The quantitative estimate of drug-likeness (QED) is 0.884. The van der Waals surface area contributed by atoms with E-state index < -0.39 is 17.1 Å². The smallest absolute Gasteiger partial charge is 0.244 e. The third-order valence-electron chi connectivity index (χ3n) is 3.48. The summed E-state index contributed by atoms with van der Waals surface area (Å²) in [6.07, 6.45) is 2.67. The lowest BCUT2D eigenvalue weighted by atomic mass is 9.87. The van der Waals surface area contributed by atoms with Crippen molar-refractivity contribution < 1.29 is 9.18 Å². The fraction of sp³-hybridized carbons (Fsp3) is 0.357. The Labute approximate surface area is 110 Å².